The van der Waals surface area contributed by atoms with Gasteiger partial charge in [-0.05, 0) is 30.3 Å². The fourth-order valence-electron chi connectivity index (χ4n) is 2.05. The van der Waals surface area contributed by atoms with Crippen LogP contribution in [-0.2, 0) is 15.7 Å². The van der Waals surface area contributed by atoms with E-state index in [9.17, 15) is 27.2 Å². The van der Waals surface area contributed by atoms with Gasteiger partial charge in [-0.1, -0.05) is 11.6 Å². The van der Waals surface area contributed by atoms with Gasteiger partial charge in [0, 0.05) is 5.69 Å². The van der Waals surface area contributed by atoms with Crippen molar-refractivity contribution in [3.8, 4) is 11.5 Å². The van der Waals surface area contributed by atoms with Gasteiger partial charge in [0.25, 0.3) is 5.91 Å². The number of ether oxygens (including phenoxy) is 2. The second-order valence-corrected chi connectivity index (χ2v) is 5.78. The molecule has 0 unspecified atom stereocenters. The van der Waals surface area contributed by atoms with Crippen molar-refractivity contribution in [1.29, 1.82) is 0 Å². The number of halogens is 5. The van der Waals surface area contributed by atoms with E-state index in [1.54, 1.807) is 0 Å². The quantitative estimate of drug-likeness (QED) is 0.436. The van der Waals surface area contributed by atoms with Crippen LogP contribution >= 0.6 is 11.6 Å². The number of carbonyl (C=O) groups is 2. The highest BCUT2D eigenvalue weighted by Crippen LogP contribution is 2.38. The first kappa shape index (κ1) is 21.3. The van der Waals surface area contributed by atoms with Crippen molar-refractivity contribution in [3.63, 3.8) is 0 Å². The molecular weight excluding hydrogens is 408 g/mol. The van der Waals surface area contributed by atoms with Crippen molar-refractivity contribution < 1.29 is 36.6 Å². The van der Waals surface area contributed by atoms with Crippen molar-refractivity contribution in [2.45, 2.75) is 6.18 Å². The number of alkyl halides is 3. The summed E-state index contributed by atoms with van der Waals surface area (Å²) in [5.74, 6) is -3.54. The molecule has 0 spiro atoms. The van der Waals surface area contributed by atoms with Crippen LogP contribution in [0.3, 0.4) is 0 Å². The first-order valence-electron chi connectivity index (χ1n) is 7.51. The number of nitrogens with two attached hydrogens (primary N) is 1. The lowest BCUT2D eigenvalue weighted by Gasteiger charge is -2.14. The van der Waals surface area contributed by atoms with Crippen molar-refractivity contribution in [2.24, 2.45) is 0 Å². The van der Waals surface area contributed by atoms with Gasteiger partial charge >= 0.3 is 12.1 Å². The molecule has 2 rings (SSSR count). The molecule has 28 heavy (non-hydrogen) atoms. The Morgan fingerprint density at radius 2 is 1.89 bits per heavy atom. The highest BCUT2D eigenvalue weighted by molar-refractivity contribution is 6.32. The molecule has 0 saturated carbocycles. The zero-order valence-corrected chi connectivity index (χ0v) is 14.9. The van der Waals surface area contributed by atoms with Crippen LogP contribution in [0.2, 0.25) is 5.02 Å². The van der Waals surface area contributed by atoms with E-state index in [0.29, 0.717) is 6.07 Å². The van der Waals surface area contributed by atoms with Crippen LogP contribution in [0, 0.1) is 5.82 Å². The van der Waals surface area contributed by atoms with Gasteiger partial charge in [0.1, 0.15) is 12.3 Å². The van der Waals surface area contributed by atoms with Gasteiger partial charge in [0.15, 0.2) is 11.6 Å². The average Bonchev–Trinajstić information content (AvgIpc) is 2.62. The minimum absolute atomic E-state index is 0.0219. The summed E-state index contributed by atoms with van der Waals surface area (Å²) < 4.78 is 61.7. The summed E-state index contributed by atoms with van der Waals surface area (Å²) in [4.78, 5) is 23.2. The lowest BCUT2D eigenvalue weighted by molar-refractivity contribution is -0.139. The van der Waals surface area contributed by atoms with E-state index in [1.165, 1.54) is 12.1 Å². The molecule has 0 aromatic heterocycles. The van der Waals surface area contributed by atoms with E-state index in [-0.39, 0.29) is 23.1 Å². The Labute approximate surface area is 161 Å². The third-order valence-electron chi connectivity index (χ3n) is 3.44. The SMILES string of the molecule is COC(=O)CNC(=O)c1cc(Oc2c(F)cc(C(F)(F)F)cc2Cl)ccc1N. The minimum Gasteiger partial charge on any atom is -0.468 e. The van der Waals surface area contributed by atoms with E-state index in [0.717, 1.165) is 13.2 Å². The number of nitrogens with one attached hydrogen (secondary N) is 1. The molecule has 0 aliphatic rings. The second-order valence-electron chi connectivity index (χ2n) is 5.38. The number of esters is 1. The number of hydrogen-bond donors (Lipinski definition) is 2. The van der Waals surface area contributed by atoms with E-state index < -0.39 is 46.8 Å². The van der Waals surface area contributed by atoms with Crippen LogP contribution < -0.4 is 15.8 Å². The summed E-state index contributed by atoms with van der Waals surface area (Å²) in [5.41, 5.74) is 4.33. The van der Waals surface area contributed by atoms with Gasteiger partial charge in [-0.2, -0.15) is 13.2 Å². The molecule has 0 atom stereocenters. The molecule has 0 heterocycles. The van der Waals surface area contributed by atoms with Crippen molar-refractivity contribution in [1.82, 2.24) is 5.32 Å². The van der Waals surface area contributed by atoms with Crippen LogP contribution in [0.25, 0.3) is 0 Å². The maximum absolute atomic E-state index is 14.0. The molecule has 0 aliphatic heterocycles. The predicted octanol–water partition coefficient (Wildman–Crippen LogP) is 3.78. The monoisotopic (exact) mass is 420 g/mol. The van der Waals surface area contributed by atoms with Gasteiger partial charge < -0.3 is 20.5 Å². The lowest BCUT2D eigenvalue weighted by atomic mass is 10.1. The summed E-state index contributed by atoms with van der Waals surface area (Å²) in [6.45, 7) is -0.417. The number of hydrogen-bond acceptors (Lipinski definition) is 5. The maximum atomic E-state index is 14.0. The smallest absolute Gasteiger partial charge is 0.416 e. The summed E-state index contributed by atoms with van der Waals surface area (Å²) >= 11 is 5.70. The minimum atomic E-state index is -4.78. The predicted molar refractivity (Wildman–Crippen MR) is 91.7 cm³/mol. The van der Waals surface area contributed by atoms with Gasteiger partial charge in [-0.25, -0.2) is 4.39 Å². The lowest BCUT2D eigenvalue weighted by Crippen LogP contribution is -2.30. The number of benzene rings is 2. The molecular formula is C17H13ClF4N2O4. The Balaban J connectivity index is 2.28. The number of rotatable bonds is 5. The summed E-state index contributed by atoms with van der Waals surface area (Å²) in [5, 5.41) is 1.64. The fraction of sp³-hybridized carbons (Fsp3) is 0.176. The summed E-state index contributed by atoms with van der Waals surface area (Å²) in [6.07, 6.45) is -4.78. The Bertz CT molecular complexity index is 896. The fourth-order valence-corrected chi connectivity index (χ4v) is 2.30. The zero-order valence-electron chi connectivity index (χ0n) is 14.2. The summed E-state index contributed by atoms with van der Waals surface area (Å²) in [7, 11) is 1.14. The number of methoxy groups -OCH3 is 1. The second kappa shape index (κ2) is 8.34. The van der Waals surface area contributed by atoms with Crippen molar-refractivity contribution in [2.75, 3.05) is 19.4 Å². The molecule has 2 aromatic rings. The van der Waals surface area contributed by atoms with Gasteiger partial charge in [0.2, 0.25) is 0 Å². The normalized spacial score (nSPS) is 11.1. The molecule has 150 valence electrons. The van der Waals surface area contributed by atoms with Crippen molar-refractivity contribution >= 4 is 29.2 Å². The Hall–Kier alpha value is -3.01. The highest BCUT2D eigenvalue weighted by Gasteiger charge is 2.32. The van der Waals surface area contributed by atoms with Crippen molar-refractivity contribution in [3.05, 3.63) is 52.3 Å². The third kappa shape index (κ3) is 5.03. The molecule has 1 amide bonds. The maximum Gasteiger partial charge on any atom is 0.416 e. The van der Waals surface area contributed by atoms with Gasteiger partial charge in [0.05, 0.1) is 23.3 Å². The number of nitrogen functional groups attached to an aromatic ring is 1. The van der Waals surface area contributed by atoms with E-state index in [4.69, 9.17) is 22.1 Å². The molecule has 0 bridgehead atoms. The van der Waals surface area contributed by atoms with Crippen LogP contribution in [0.1, 0.15) is 15.9 Å². The summed E-state index contributed by atoms with van der Waals surface area (Å²) in [6, 6.07) is 4.40. The van der Waals surface area contributed by atoms with E-state index in [2.05, 4.69) is 10.1 Å². The third-order valence-corrected chi connectivity index (χ3v) is 3.72. The number of carbonyl (C=O) groups excluding carboxylic acids is 2. The molecule has 0 radical (unpaired) electrons. The number of anilines is 1. The molecule has 0 aliphatic carbocycles. The first-order valence-corrected chi connectivity index (χ1v) is 7.89. The standard InChI is InChI=1S/C17H13ClF4N2O4/c1-27-14(25)7-24-16(26)10-6-9(2-3-13(10)23)28-15-11(18)4-8(5-12(15)19)17(20,21)22/h2-6H,7,23H2,1H3,(H,24,26). The Morgan fingerprint density at radius 3 is 2.46 bits per heavy atom. The molecule has 6 nitrogen and oxygen atoms in total. The molecule has 3 N–H and O–H groups in total. The zero-order chi connectivity index (χ0) is 21.1. The molecule has 11 heteroatoms. The van der Waals surface area contributed by atoms with Crippen LogP contribution in [0.15, 0.2) is 30.3 Å². The van der Waals surface area contributed by atoms with Gasteiger partial charge in [-0.15, -0.1) is 0 Å². The van der Waals surface area contributed by atoms with E-state index in [1.807, 2.05) is 0 Å². The highest BCUT2D eigenvalue weighted by atomic mass is 35.5. The Kier molecular flexibility index (Phi) is 6.34. The number of amides is 1. The first-order chi connectivity index (χ1) is 13.0. The Morgan fingerprint density at radius 1 is 1.21 bits per heavy atom. The van der Waals surface area contributed by atoms with Crippen LogP contribution in [0.4, 0.5) is 23.2 Å². The average molecular weight is 421 g/mol. The van der Waals surface area contributed by atoms with E-state index >= 15 is 0 Å². The molecule has 0 saturated heterocycles. The largest absolute Gasteiger partial charge is 0.468 e. The molecule has 0 fully saturated rings. The van der Waals surface area contributed by atoms with Gasteiger partial charge in [-0.3, -0.25) is 9.59 Å². The van der Waals surface area contributed by atoms with Crippen LogP contribution in [-0.4, -0.2) is 25.5 Å². The van der Waals surface area contributed by atoms with Crippen LogP contribution in [0.5, 0.6) is 11.5 Å². The topological polar surface area (TPSA) is 90.6 Å². The molecule has 2 aromatic carbocycles.